The number of carbonyl (C=O) groups excluding carboxylic acids is 1. The maximum absolute atomic E-state index is 10.9. The zero-order valence-corrected chi connectivity index (χ0v) is 6.92. The highest BCUT2D eigenvalue weighted by atomic mass is 16.5. The number of Topliss-reactive ketones (excluding diaryl/α,β-unsaturated/α-hetero) is 1. The van der Waals surface area contributed by atoms with Crippen LogP contribution in [0.3, 0.4) is 0 Å². The molecule has 1 atom stereocenters. The van der Waals surface area contributed by atoms with Gasteiger partial charge in [0.2, 0.25) is 5.78 Å². The Hall–Kier alpha value is -0.830. The van der Waals surface area contributed by atoms with Gasteiger partial charge < -0.3 is 9.84 Å². The van der Waals surface area contributed by atoms with Crippen LogP contribution in [0.5, 0.6) is 0 Å². The first-order chi connectivity index (χ1) is 5.04. The average molecular weight is 156 g/mol. The fourth-order valence-corrected chi connectivity index (χ4v) is 0.948. The van der Waals surface area contributed by atoms with Gasteiger partial charge in [-0.05, 0) is 20.8 Å². The van der Waals surface area contributed by atoms with Crippen molar-refractivity contribution in [3.8, 4) is 0 Å². The Labute approximate surface area is 65.7 Å². The van der Waals surface area contributed by atoms with Gasteiger partial charge in [0, 0.05) is 5.57 Å². The molecule has 0 spiro atoms. The standard InChI is InChI=1S/C8H12O3/c1-4(2)11-8-5(3)6(9)7(8)10/h4,6,9H,1-3H3. The van der Waals surface area contributed by atoms with E-state index in [2.05, 4.69) is 0 Å². The predicted molar refractivity (Wildman–Crippen MR) is 39.9 cm³/mol. The normalized spacial score (nSPS) is 24.1. The first-order valence-corrected chi connectivity index (χ1v) is 3.63. The largest absolute Gasteiger partial charge is 0.487 e. The second-order valence-corrected chi connectivity index (χ2v) is 2.95. The molecule has 1 unspecified atom stereocenters. The van der Waals surface area contributed by atoms with E-state index in [0.717, 1.165) is 0 Å². The number of ether oxygens (including phenoxy) is 1. The van der Waals surface area contributed by atoms with E-state index in [9.17, 15) is 4.79 Å². The van der Waals surface area contributed by atoms with Gasteiger partial charge in [-0.2, -0.15) is 0 Å². The summed E-state index contributed by atoms with van der Waals surface area (Å²) in [6.07, 6.45) is -0.917. The molecular formula is C8H12O3. The van der Waals surface area contributed by atoms with E-state index in [1.165, 1.54) is 0 Å². The first kappa shape index (κ1) is 8.27. The van der Waals surface area contributed by atoms with Gasteiger partial charge in [0.15, 0.2) is 5.76 Å². The lowest BCUT2D eigenvalue weighted by atomic mass is 9.92. The number of aliphatic hydroxyl groups is 1. The predicted octanol–water partition coefficient (Wildman–Crippen LogP) is 0.629. The lowest BCUT2D eigenvalue weighted by molar-refractivity contribution is -0.130. The van der Waals surface area contributed by atoms with Crippen molar-refractivity contribution in [2.45, 2.75) is 33.0 Å². The van der Waals surface area contributed by atoms with Crippen LogP contribution >= 0.6 is 0 Å². The number of carbonyl (C=O) groups is 1. The van der Waals surface area contributed by atoms with Crippen molar-refractivity contribution >= 4 is 5.78 Å². The molecule has 3 heteroatoms. The van der Waals surface area contributed by atoms with E-state index in [1.54, 1.807) is 6.92 Å². The van der Waals surface area contributed by atoms with E-state index in [0.29, 0.717) is 11.3 Å². The molecule has 0 aromatic rings. The lowest BCUT2D eigenvalue weighted by Crippen LogP contribution is -2.37. The van der Waals surface area contributed by atoms with Crippen molar-refractivity contribution in [3.05, 3.63) is 11.3 Å². The van der Waals surface area contributed by atoms with Crippen LogP contribution in [-0.2, 0) is 9.53 Å². The summed E-state index contributed by atoms with van der Waals surface area (Å²) in [4.78, 5) is 10.9. The zero-order chi connectivity index (χ0) is 8.59. The second-order valence-electron chi connectivity index (χ2n) is 2.95. The minimum absolute atomic E-state index is 0.00333. The third kappa shape index (κ3) is 1.28. The van der Waals surface area contributed by atoms with Crippen molar-refractivity contribution in [1.29, 1.82) is 0 Å². The summed E-state index contributed by atoms with van der Waals surface area (Å²) in [7, 11) is 0. The molecule has 1 N–H and O–H groups in total. The average Bonchev–Trinajstić information content (AvgIpc) is 1.98. The Morgan fingerprint density at radius 3 is 2.45 bits per heavy atom. The van der Waals surface area contributed by atoms with Gasteiger partial charge in [0.05, 0.1) is 6.10 Å². The number of hydrogen-bond donors (Lipinski definition) is 1. The number of ketones is 1. The van der Waals surface area contributed by atoms with Crippen LogP contribution in [0.25, 0.3) is 0 Å². The van der Waals surface area contributed by atoms with Crippen LogP contribution in [0.2, 0.25) is 0 Å². The second kappa shape index (κ2) is 2.66. The molecule has 0 saturated carbocycles. The molecular weight excluding hydrogens is 144 g/mol. The quantitative estimate of drug-likeness (QED) is 0.637. The molecule has 1 rings (SSSR count). The maximum Gasteiger partial charge on any atom is 0.230 e. The minimum Gasteiger partial charge on any atom is -0.487 e. The molecule has 1 aliphatic rings. The van der Waals surface area contributed by atoms with Crippen LogP contribution in [0.1, 0.15) is 20.8 Å². The molecule has 0 fully saturated rings. The van der Waals surface area contributed by atoms with Crippen molar-refractivity contribution in [1.82, 2.24) is 0 Å². The zero-order valence-electron chi connectivity index (χ0n) is 6.92. The third-order valence-corrected chi connectivity index (χ3v) is 1.59. The summed E-state index contributed by atoms with van der Waals surface area (Å²) in [5, 5.41) is 8.98. The van der Waals surface area contributed by atoms with Gasteiger partial charge in [0.25, 0.3) is 0 Å². The molecule has 0 bridgehead atoms. The highest BCUT2D eigenvalue weighted by Crippen LogP contribution is 2.25. The maximum atomic E-state index is 10.9. The SMILES string of the molecule is CC1=C(OC(C)C)C(=O)C1O. The highest BCUT2D eigenvalue weighted by Gasteiger charge is 2.36. The van der Waals surface area contributed by atoms with Crippen LogP contribution in [0.4, 0.5) is 0 Å². The van der Waals surface area contributed by atoms with Gasteiger partial charge in [-0.3, -0.25) is 4.79 Å². The summed E-state index contributed by atoms with van der Waals surface area (Å²) < 4.78 is 5.15. The van der Waals surface area contributed by atoms with Gasteiger partial charge in [0.1, 0.15) is 6.10 Å². The Bertz CT molecular complexity index is 215. The van der Waals surface area contributed by atoms with E-state index < -0.39 is 6.10 Å². The smallest absolute Gasteiger partial charge is 0.230 e. The monoisotopic (exact) mass is 156 g/mol. The lowest BCUT2D eigenvalue weighted by Gasteiger charge is -2.26. The van der Waals surface area contributed by atoms with Crippen LogP contribution in [-0.4, -0.2) is 23.1 Å². The third-order valence-electron chi connectivity index (χ3n) is 1.59. The molecule has 0 heterocycles. The van der Waals surface area contributed by atoms with Crippen molar-refractivity contribution in [3.63, 3.8) is 0 Å². The van der Waals surface area contributed by atoms with E-state index in [4.69, 9.17) is 9.84 Å². The molecule has 62 valence electrons. The van der Waals surface area contributed by atoms with E-state index >= 15 is 0 Å². The van der Waals surface area contributed by atoms with Gasteiger partial charge >= 0.3 is 0 Å². The van der Waals surface area contributed by atoms with E-state index in [-0.39, 0.29) is 11.9 Å². The van der Waals surface area contributed by atoms with E-state index in [1.807, 2.05) is 13.8 Å². The molecule has 0 aromatic carbocycles. The summed E-state index contributed by atoms with van der Waals surface area (Å²) in [5.74, 6) is 0.0451. The molecule has 0 aromatic heterocycles. The molecule has 11 heavy (non-hydrogen) atoms. The fourth-order valence-electron chi connectivity index (χ4n) is 0.948. The van der Waals surface area contributed by atoms with Gasteiger partial charge in [-0.15, -0.1) is 0 Å². The molecule has 1 aliphatic carbocycles. The highest BCUT2D eigenvalue weighted by molar-refractivity contribution is 6.06. The summed E-state index contributed by atoms with van der Waals surface area (Å²) in [6, 6.07) is 0. The Morgan fingerprint density at radius 1 is 1.55 bits per heavy atom. The molecule has 0 saturated heterocycles. The van der Waals surface area contributed by atoms with Crippen LogP contribution in [0.15, 0.2) is 11.3 Å². The number of hydrogen-bond acceptors (Lipinski definition) is 3. The molecule has 0 aliphatic heterocycles. The van der Waals surface area contributed by atoms with Crippen molar-refractivity contribution in [2.75, 3.05) is 0 Å². The van der Waals surface area contributed by atoms with Crippen LogP contribution < -0.4 is 0 Å². The van der Waals surface area contributed by atoms with Crippen molar-refractivity contribution in [2.24, 2.45) is 0 Å². The number of aliphatic hydroxyl groups excluding tert-OH is 1. The Kier molecular flexibility index (Phi) is 2.00. The fraction of sp³-hybridized carbons (Fsp3) is 0.625. The minimum atomic E-state index is -0.913. The Morgan fingerprint density at radius 2 is 2.09 bits per heavy atom. The van der Waals surface area contributed by atoms with Gasteiger partial charge in [-0.25, -0.2) is 0 Å². The molecule has 3 nitrogen and oxygen atoms in total. The summed E-state index contributed by atoms with van der Waals surface area (Å²) in [5.41, 5.74) is 0.642. The molecule has 0 radical (unpaired) electrons. The van der Waals surface area contributed by atoms with Gasteiger partial charge in [-0.1, -0.05) is 0 Å². The Balaban J connectivity index is 2.67. The van der Waals surface area contributed by atoms with Crippen molar-refractivity contribution < 1.29 is 14.6 Å². The summed E-state index contributed by atoms with van der Waals surface area (Å²) in [6.45, 7) is 5.39. The summed E-state index contributed by atoms with van der Waals surface area (Å²) >= 11 is 0. The topological polar surface area (TPSA) is 46.5 Å². The number of rotatable bonds is 2. The van der Waals surface area contributed by atoms with Crippen LogP contribution in [0, 0.1) is 0 Å². The first-order valence-electron chi connectivity index (χ1n) is 3.63. The molecule has 0 amide bonds.